The Morgan fingerprint density at radius 3 is 2.71 bits per heavy atom. The second-order valence-corrected chi connectivity index (χ2v) is 7.75. The number of hydrogen-bond donors (Lipinski definition) is 3. The van der Waals surface area contributed by atoms with Crippen LogP contribution in [0.2, 0.25) is 0 Å². The van der Waals surface area contributed by atoms with Crippen LogP contribution in [0.3, 0.4) is 0 Å². The van der Waals surface area contributed by atoms with Crippen molar-refractivity contribution in [3.8, 4) is 11.3 Å². The maximum absolute atomic E-state index is 5.83. The normalized spacial score (nSPS) is 15.5. The van der Waals surface area contributed by atoms with Crippen molar-refractivity contribution in [1.82, 2.24) is 20.3 Å². The topological polar surface area (TPSA) is 79.6 Å². The van der Waals surface area contributed by atoms with Crippen molar-refractivity contribution in [3.63, 3.8) is 0 Å². The SMILES string of the molecule is Cc1cc(-c2ncnc3[nH]c4cc(C5CCNCC5)ccc4c23)ccc1CN. The van der Waals surface area contributed by atoms with Gasteiger partial charge in [-0.1, -0.05) is 24.3 Å². The van der Waals surface area contributed by atoms with Crippen LogP contribution >= 0.6 is 0 Å². The lowest BCUT2D eigenvalue weighted by Gasteiger charge is -2.22. The Morgan fingerprint density at radius 1 is 1.07 bits per heavy atom. The fraction of sp³-hybridized carbons (Fsp3) is 0.304. The lowest BCUT2D eigenvalue weighted by molar-refractivity contribution is 0.460. The summed E-state index contributed by atoms with van der Waals surface area (Å²) in [6.45, 7) is 4.86. The first-order chi connectivity index (χ1) is 13.7. The molecule has 1 aliphatic heterocycles. The van der Waals surface area contributed by atoms with E-state index in [0.29, 0.717) is 12.5 Å². The van der Waals surface area contributed by atoms with Gasteiger partial charge in [0.1, 0.15) is 12.0 Å². The Balaban J connectivity index is 1.65. The van der Waals surface area contributed by atoms with Crippen LogP contribution in [0.4, 0.5) is 0 Å². The Bertz CT molecular complexity index is 1150. The highest BCUT2D eigenvalue weighted by atomic mass is 14.9. The highest BCUT2D eigenvalue weighted by Crippen LogP contribution is 2.35. The van der Waals surface area contributed by atoms with Crippen molar-refractivity contribution in [2.45, 2.75) is 32.2 Å². The summed E-state index contributed by atoms with van der Waals surface area (Å²) in [4.78, 5) is 12.7. The molecule has 0 saturated carbocycles. The van der Waals surface area contributed by atoms with Crippen LogP contribution in [0.15, 0.2) is 42.7 Å². The molecule has 0 unspecified atom stereocenters. The van der Waals surface area contributed by atoms with Gasteiger partial charge in [0.05, 0.1) is 11.1 Å². The van der Waals surface area contributed by atoms with E-state index in [2.05, 4.69) is 63.6 Å². The molecule has 4 N–H and O–H groups in total. The second-order valence-electron chi connectivity index (χ2n) is 7.75. The van der Waals surface area contributed by atoms with E-state index in [9.17, 15) is 0 Å². The lowest BCUT2D eigenvalue weighted by Crippen LogP contribution is -2.26. The maximum atomic E-state index is 5.83. The molecule has 0 bridgehead atoms. The fourth-order valence-corrected chi connectivity index (χ4v) is 4.45. The fourth-order valence-electron chi connectivity index (χ4n) is 4.45. The zero-order chi connectivity index (χ0) is 19.1. The molecule has 0 spiro atoms. The Labute approximate surface area is 164 Å². The smallest absolute Gasteiger partial charge is 0.142 e. The average molecular weight is 371 g/mol. The number of nitrogens with one attached hydrogen (secondary N) is 2. The molecule has 0 radical (unpaired) electrons. The van der Waals surface area contributed by atoms with Crippen LogP contribution in [-0.2, 0) is 6.54 Å². The number of nitrogens with zero attached hydrogens (tertiary/aromatic N) is 2. The van der Waals surface area contributed by atoms with Gasteiger partial charge in [-0.2, -0.15) is 0 Å². The first-order valence-corrected chi connectivity index (χ1v) is 10.0. The zero-order valence-electron chi connectivity index (χ0n) is 16.1. The van der Waals surface area contributed by atoms with Crippen LogP contribution < -0.4 is 11.1 Å². The third-order valence-corrected chi connectivity index (χ3v) is 6.06. The summed E-state index contributed by atoms with van der Waals surface area (Å²) in [5.74, 6) is 0.633. The molecule has 2 aromatic carbocycles. The van der Waals surface area contributed by atoms with E-state index >= 15 is 0 Å². The number of fused-ring (bicyclic) bond motifs is 3. The molecule has 0 amide bonds. The summed E-state index contributed by atoms with van der Waals surface area (Å²) in [7, 11) is 0. The third kappa shape index (κ3) is 2.87. The van der Waals surface area contributed by atoms with E-state index in [1.807, 2.05) is 0 Å². The third-order valence-electron chi connectivity index (χ3n) is 6.06. The molecule has 5 nitrogen and oxygen atoms in total. The summed E-state index contributed by atoms with van der Waals surface area (Å²) >= 11 is 0. The standard InChI is InChI=1S/C23H25N5/c1-14-10-17(2-3-18(14)12-24)22-21-19-5-4-16(15-6-8-25-9-7-15)11-20(19)28-23(21)27-13-26-22/h2-5,10-11,13,15,25H,6-9,12,24H2,1H3,(H,26,27,28). The predicted octanol–water partition coefficient (Wildman–Crippen LogP) is 4.01. The zero-order valence-corrected chi connectivity index (χ0v) is 16.1. The van der Waals surface area contributed by atoms with Crippen LogP contribution in [-0.4, -0.2) is 28.0 Å². The number of aryl methyl sites for hydroxylation is 1. The monoisotopic (exact) mass is 371 g/mol. The van der Waals surface area contributed by atoms with Crippen LogP contribution in [0.25, 0.3) is 33.2 Å². The molecule has 4 aromatic rings. The predicted molar refractivity (Wildman–Crippen MR) is 114 cm³/mol. The average Bonchev–Trinajstić information content (AvgIpc) is 3.12. The largest absolute Gasteiger partial charge is 0.339 e. The van der Waals surface area contributed by atoms with Gasteiger partial charge in [-0.05, 0) is 67.6 Å². The maximum Gasteiger partial charge on any atom is 0.142 e. The van der Waals surface area contributed by atoms with Gasteiger partial charge in [0.25, 0.3) is 0 Å². The summed E-state index contributed by atoms with van der Waals surface area (Å²) in [6.07, 6.45) is 4.04. The minimum absolute atomic E-state index is 0.553. The number of nitrogens with two attached hydrogens (primary N) is 1. The van der Waals surface area contributed by atoms with Crippen LogP contribution in [0, 0.1) is 6.92 Å². The molecule has 5 rings (SSSR count). The van der Waals surface area contributed by atoms with E-state index < -0.39 is 0 Å². The van der Waals surface area contributed by atoms with Crippen molar-refractivity contribution in [3.05, 3.63) is 59.4 Å². The van der Waals surface area contributed by atoms with E-state index in [0.717, 1.165) is 40.9 Å². The summed E-state index contributed by atoms with van der Waals surface area (Å²) in [6, 6.07) is 13.2. The quantitative estimate of drug-likeness (QED) is 0.508. The number of rotatable bonds is 3. The molecule has 2 aromatic heterocycles. The molecule has 1 fully saturated rings. The molecule has 0 atom stereocenters. The molecular formula is C23H25N5. The number of hydrogen-bond acceptors (Lipinski definition) is 4. The van der Waals surface area contributed by atoms with Gasteiger partial charge in [-0.3, -0.25) is 0 Å². The number of aromatic amines is 1. The molecule has 3 heterocycles. The summed E-state index contributed by atoms with van der Waals surface area (Å²) < 4.78 is 0. The van der Waals surface area contributed by atoms with Gasteiger partial charge in [0.2, 0.25) is 0 Å². The summed E-state index contributed by atoms with van der Waals surface area (Å²) in [5, 5.41) is 5.72. The molecule has 0 aliphatic carbocycles. The highest BCUT2D eigenvalue weighted by molar-refractivity contribution is 6.12. The van der Waals surface area contributed by atoms with Crippen molar-refractivity contribution >= 4 is 21.9 Å². The van der Waals surface area contributed by atoms with Crippen LogP contribution in [0.1, 0.15) is 35.4 Å². The van der Waals surface area contributed by atoms with Crippen molar-refractivity contribution in [1.29, 1.82) is 0 Å². The number of benzene rings is 2. The Hall–Kier alpha value is -2.76. The van der Waals surface area contributed by atoms with Gasteiger partial charge in [-0.15, -0.1) is 0 Å². The summed E-state index contributed by atoms with van der Waals surface area (Å²) in [5.41, 5.74) is 13.7. The Morgan fingerprint density at radius 2 is 1.93 bits per heavy atom. The van der Waals surface area contributed by atoms with Crippen molar-refractivity contribution < 1.29 is 0 Å². The van der Waals surface area contributed by atoms with Gasteiger partial charge in [0.15, 0.2) is 0 Å². The molecule has 142 valence electrons. The first-order valence-electron chi connectivity index (χ1n) is 10.0. The Kier molecular flexibility index (Phi) is 4.34. The van der Waals surface area contributed by atoms with Gasteiger partial charge in [-0.25, -0.2) is 9.97 Å². The lowest BCUT2D eigenvalue weighted by atomic mass is 9.89. The van der Waals surface area contributed by atoms with Gasteiger partial charge >= 0.3 is 0 Å². The molecule has 1 aliphatic rings. The second kappa shape index (κ2) is 7.00. The van der Waals surface area contributed by atoms with E-state index in [-0.39, 0.29) is 0 Å². The minimum Gasteiger partial charge on any atom is -0.339 e. The molecule has 1 saturated heterocycles. The van der Waals surface area contributed by atoms with E-state index in [1.165, 1.54) is 34.9 Å². The van der Waals surface area contributed by atoms with Gasteiger partial charge < -0.3 is 16.0 Å². The van der Waals surface area contributed by atoms with Crippen molar-refractivity contribution in [2.24, 2.45) is 5.73 Å². The van der Waals surface area contributed by atoms with E-state index in [4.69, 9.17) is 5.73 Å². The number of piperidine rings is 1. The number of H-pyrrole nitrogens is 1. The molecule has 5 heteroatoms. The van der Waals surface area contributed by atoms with E-state index in [1.54, 1.807) is 6.33 Å². The molecular weight excluding hydrogens is 346 g/mol. The first kappa shape index (κ1) is 17.3. The van der Waals surface area contributed by atoms with Gasteiger partial charge in [0, 0.05) is 23.0 Å². The number of aromatic nitrogens is 3. The van der Waals surface area contributed by atoms with Crippen LogP contribution in [0.5, 0.6) is 0 Å². The molecule has 28 heavy (non-hydrogen) atoms. The van der Waals surface area contributed by atoms with Crippen molar-refractivity contribution in [2.75, 3.05) is 13.1 Å². The minimum atomic E-state index is 0.553. The highest BCUT2D eigenvalue weighted by Gasteiger charge is 2.18.